The van der Waals surface area contributed by atoms with Gasteiger partial charge in [-0.1, -0.05) is 36.4 Å². The lowest BCUT2D eigenvalue weighted by atomic mass is 9.82. The van der Waals surface area contributed by atoms with Crippen molar-refractivity contribution in [3.8, 4) is 0 Å². The summed E-state index contributed by atoms with van der Waals surface area (Å²) in [5.41, 5.74) is 4.02. The molecule has 2 aromatic rings. The topological polar surface area (TPSA) is 42.0 Å². The highest BCUT2D eigenvalue weighted by Gasteiger charge is 2.25. The van der Waals surface area contributed by atoms with E-state index in [0.717, 1.165) is 28.9 Å². The van der Waals surface area contributed by atoms with Crippen LogP contribution < -0.4 is 5.32 Å². The van der Waals surface area contributed by atoms with Gasteiger partial charge in [-0.15, -0.1) is 0 Å². The summed E-state index contributed by atoms with van der Waals surface area (Å²) < 4.78 is 0. The molecule has 22 heavy (non-hydrogen) atoms. The van der Waals surface area contributed by atoms with Crippen molar-refractivity contribution in [1.29, 1.82) is 0 Å². The minimum Gasteiger partial charge on any atom is -0.373 e. The number of carbonyl (C=O) groups excluding carboxylic acids is 1. The summed E-state index contributed by atoms with van der Waals surface area (Å²) in [6.45, 7) is 2.00. The molecule has 1 aromatic heterocycles. The Bertz CT molecular complexity index is 719. The molecule has 1 aliphatic carbocycles. The Balaban J connectivity index is 1.92. The number of ketones is 1. The largest absolute Gasteiger partial charge is 0.373 e. The van der Waals surface area contributed by atoms with E-state index in [1.165, 1.54) is 5.56 Å². The number of aryl methyl sites for hydroxylation is 1. The van der Waals surface area contributed by atoms with Gasteiger partial charge in [0.05, 0.1) is 0 Å². The normalized spacial score (nSPS) is 18.0. The second kappa shape index (κ2) is 6.14. The maximum absolute atomic E-state index is 12.6. The number of pyridine rings is 1. The highest BCUT2D eigenvalue weighted by molar-refractivity contribution is 6.22. The van der Waals surface area contributed by atoms with Crippen LogP contribution in [0.3, 0.4) is 0 Å². The summed E-state index contributed by atoms with van der Waals surface area (Å²) >= 11 is 0. The van der Waals surface area contributed by atoms with E-state index in [4.69, 9.17) is 0 Å². The third-order valence-electron chi connectivity index (χ3n) is 4.16. The van der Waals surface area contributed by atoms with Gasteiger partial charge >= 0.3 is 0 Å². The Labute approximate surface area is 131 Å². The van der Waals surface area contributed by atoms with Crippen molar-refractivity contribution in [3.63, 3.8) is 0 Å². The molecule has 0 fully saturated rings. The van der Waals surface area contributed by atoms with E-state index in [1.807, 2.05) is 44.4 Å². The summed E-state index contributed by atoms with van der Waals surface area (Å²) in [5.74, 6) is 1.25. The lowest BCUT2D eigenvalue weighted by Crippen LogP contribution is -2.15. The van der Waals surface area contributed by atoms with Crippen LogP contribution in [0.5, 0.6) is 0 Å². The smallest absolute Gasteiger partial charge is 0.163 e. The van der Waals surface area contributed by atoms with Gasteiger partial charge in [0.1, 0.15) is 5.82 Å². The summed E-state index contributed by atoms with van der Waals surface area (Å²) in [6, 6.07) is 12.3. The minimum atomic E-state index is 0.198. The molecular weight excluding hydrogens is 272 g/mol. The number of aromatic nitrogens is 1. The lowest BCUT2D eigenvalue weighted by molar-refractivity contribution is -0.114. The number of nitrogens with one attached hydrogen (secondary N) is 1. The Kier molecular flexibility index (Phi) is 4.05. The van der Waals surface area contributed by atoms with Gasteiger partial charge in [-0.05, 0) is 36.5 Å². The van der Waals surface area contributed by atoms with Crippen molar-refractivity contribution in [2.24, 2.45) is 0 Å². The molecule has 1 unspecified atom stereocenters. The molecule has 1 heterocycles. The molecule has 112 valence electrons. The minimum absolute atomic E-state index is 0.198. The van der Waals surface area contributed by atoms with Crippen molar-refractivity contribution in [2.75, 3.05) is 12.4 Å². The molecule has 1 N–H and O–H groups in total. The predicted octanol–water partition coefficient (Wildman–Crippen LogP) is 3.96. The van der Waals surface area contributed by atoms with Crippen molar-refractivity contribution < 1.29 is 4.79 Å². The molecule has 1 aromatic carbocycles. The molecule has 3 nitrogen and oxygen atoms in total. The Morgan fingerprint density at radius 2 is 2.00 bits per heavy atom. The number of hydrogen-bond acceptors (Lipinski definition) is 3. The number of allylic oxidation sites excluding steroid dienone is 2. The highest BCUT2D eigenvalue weighted by atomic mass is 16.1. The first-order chi connectivity index (χ1) is 10.7. The van der Waals surface area contributed by atoms with Crippen LogP contribution in [0.15, 0.2) is 48.7 Å². The lowest BCUT2D eigenvalue weighted by Gasteiger charge is -2.22. The highest BCUT2D eigenvalue weighted by Crippen LogP contribution is 2.35. The van der Waals surface area contributed by atoms with E-state index in [0.29, 0.717) is 6.42 Å². The molecule has 0 radical (unpaired) electrons. The van der Waals surface area contributed by atoms with Gasteiger partial charge in [0.15, 0.2) is 5.78 Å². The zero-order valence-corrected chi connectivity index (χ0v) is 13.0. The summed E-state index contributed by atoms with van der Waals surface area (Å²) in [5, 5.41) is 3.08. The fraction of sp³-hybridized carbons (Fsp3) is 0.263. The first kappa shape index (κ1) is 14.5. The fourth-order valence-electron chi connectivity index (χ4n) is 3.00. The quantitative estimate of drug-likeness (QED) is 0.931. The average Bonchev–Trinajstić information content (AvgIpc) is 2.55. The van der Waals surface area contributed by atoms with Crippen LogP contribution in [0.2, 0.25) is 0 Å². The number of Topliss-reactive ketones (excluding diaryl/α,β-unsaturated/α-hetero) is 1. The Morgan fingerprint density at radius 3 is 2.68 bits per heavy atom. The molecule has 0 saturated carbocycles. The van der Waals surface area contributed by atoms with E-state index < -0.39 is 0 Å². The van der Waals surface area contributed by atoms with E-state index in [2.05, 4.69) is 28.5 Å². The van der Waals surface area contributed by atoms with Gasteiger partial charge in [0, 0.05) is 30.8 Å². The molecule has 0 aliphatic heterocycles. The third kappa shape index (κ3) is 2.80. The summed E-state index contributed by atoms with van der Waals surface area (Å²) in [6.07, 6.45) is 5.34. The predicted molar refractivity (Wildman–Crippen MR) is 89.9 cm³/mol. The second-order valence-electron chi connectivity index (χ2n) is 5.75. The average molecular weight is 292 g/mol. The molecule has 1 aliphatic rings. The van der Waals surface area contributed by atoms with Crippen molar-refractivity contribution in [2.45, 2.75) is 25.7 Å². The molecule has 0 bridgehead atoms. The second-order valence-corrected chi connectivity index (χ2v) is 5.75. The van der Waals surface area contributed by atoms with Gasteiger partial charge in [-0.2, -0.15) is 0 Å². The number of benzene rings is 1. The molecular formula is C19H20N2O. The van der Waals surface area contributed by atoms with Crippen molar-refractivity contribution in [3.05, 3.63) is 65.4 Å². The number of hydrogen-bond donors (Lipinski definition) is 1. The SMILES string of the molecule is CNc1ncc(C)cc1C1=CCC(c2ccccc2)CC1=O. The van der Waals surface area contributed by atoms with Crippen LogP contribution in [0.1, 0.15) is 35.4 Å². The van der Waals surface area contributed by atoms with Crippen LogP contribution in [0, 0.1) is 6.92 Å². The van der Waals surface area contributed by atoms with Crippen LogP contribution in [-0.2, 0) is 4.79 Å². The zero-order chi connectivity index (χ0) is 15.5. The Hall–Kier alpha value is -2.42. The molecule has 0 saturated heterocycles. The Morgan fingerprint density at radius 1 is 1.23 bits per heavy atom. The van der Waals surface area contributed by atoms with Gasteiger partial charge in [-0.3, -0.25) is 4.79 Å². The van der Waals surface area contributed by atoms with Crippen molar-refractivity contribution >= 4 is 17.2 Å². The van der Waals surface area contributed by atoms with E-state index in [9.17, 15) is 4.79 Å². The van der Waals surface area contributed by atoms with Gasteiger partial charge < -0.3 is 5.32 Å². The maximum atomic E-state index is 12.6. The summed E-state index contributed by atoms with van der Waals surface area (Å²) in [4.78, 5) is 17.0. The fourth-order valence-corrected chi connectivity index (χ4v) is 3.00. The summed E-state index contributed by atoms with van der Waals surface area (Å²) in [7, 11) is 1.84. The molecule has 1 atom stereocenters. The van der Waals surface area contributed by atoms with Crippen LogP contribution in [0.4, 0.5) is 5.82 Å². The van der Waals surface area contributed by atoms with E-state index in [1.54, 1.807) is 0 Å². The maximum Gasteiger partial charge on any atom is 0.163 e. The van der Waals surface area contributed by atoms with Crippen LogP contribution >= 0.6 is 0 Å². The third-order valence-corrected chi connectivity index (χ3v) is 4.16. The van der Waals surface area contributed by atoms with Crippen LogP contribution in [-0.4, -0.2) is 17.8 Å². The molecule has 0 spiro atoms. The number of nitrogens with zero attached hydrogens (tertiary/aromatic N) is 1. The number of carbonyl (C=O) groups is 1. The molecule has 0 amide bonds. The van der Waals surface area contributed by atoms with Gasteiger partial charge in [-0.25, -0.2) is 4.98 Å². The molecule has 3 rings (SSSR count). The number of rotatable bonds is 3. The monoisotopic (exact) mass is 292 g/mol. The number of anilines is 1. The van der Waals surface area contributed by atoms with Crippen LogP contribution in [0.25, 0.3) is 5.57 Å². The molecule has 3 heteroatoms. The first-order valence-corrected chi connectivity index (χ1v) is 7.62. The standard InChI is InChI=1S/C19H20N2O/c1-13-10-17(19(20-2)21-12-13)16-9-8-15(11-18(16)22)14-6-4-3-5-7-14/h3-7,9-10,12,15H,8,11H2,1-2H3,(H,20,21). The van der Waals surface area contributed by atoms with E-state index >= 15 is 0 Å². The van der Waals surface area contributed by atoms with Gasteiger partial charge in [0.25, 0.3) is 0 Å². The van der Waals surface area contributed by atoms with E-state index in [-0.39, 0.29) is 11.7 Å². The van der Waals surface area contributed by atoms with Crippen molar-refractivity contribution in [1.82, 2.24) is 4.98 Å². The first-order valence-electron chi connectivity index (χ1n) is 7.62. The zero-order valence-electron chi connectivity index (χ0n) is 13.0. The van der Waals surface area contributed by atoms with Gasteiger partial charge in [0.2, 0.25) is 0 Å².